The Labute approximate surface area is 498 Å². The van der Waals surface area contributed by atoms with E-state index in [9.17, 15) is 41.1 Å². The molecule has 0 aliphatic carbocycles. The number of hydrogen-bond acceptors (Lipinski definition) is 10. The van der Waals surface area contributed by atoms with Crippen molar-refractivity contribution < 1.29 is 45.9 Å². The Bertz CT molecular complexity index is 3840. The Morgan fingerprint density at radius 2 is 0.887 bits per heavy atom. The fourth-order valence-corrected chi connectivity index (χ4v) is 11.8. The third kappa shape index (κ3) is 15.8. The smallest absolute Gasteiger partial charge is 0.369 e. The standard InChI is InChI=1S/C29H24N2O5S.C28H22N2O5S.CH2Cl2.BBr3/c1-36-23-9-5-7-20(16-23)14-19-6-4-8-21(15-19)18-30-28(32)22-12-13-27-25(17-22)31-29(33)24-10-2-3-11-26(24)37(27,34)35;31-22-8-4-6-19(15-22)13-18-5-3-7-20(14-18)17-29-27(32)21-11-12-26-24(16-21)30-28(33)23-9-1-2-10-25(23)36(26,34)35;2-1-3;2-1(3)4/h2-13,15-17H,14,18H2,1H3,(H,30,32)(H,31,33);1-12,14-16,31H,13,17H2,(H,29,32)(H,30,33);1H2;. The van der Waals surface area contributed by atoms with Crippen molar-refractivity contribution in [1.82, 2.24) is 10.6 Å². The second-order valence-corrected chi connectivity index (χ2v) is 28.6. The van der Waals surface area contributed by atoms with Crippen LogP contribution < -0.4 is 26.0 Å². The number of carbonyl (C=O) groups excluding carboxylic acids is 4. The lowest BCUT2D eigenvalue weighted by atomic mass is 10.0. The first-order chi connectivity index (χ1) is 38.3. The predicted octanol–water partition coefficient (Wildman–Crippen LogP) is 12.5. The summed E-state index contributed by atoms with van der Waals surface area (Å²) < 4.78 is 58.1. The van der Waals surface area contributed by atoms with E-state index in [4.69, 9.17) is 27.9 Å². The molecule has 10 rings (SSSR count). The van der Waals surface area contributed by atoms with E-state index < -0.39 is 37.4 Å². The van der Waals surface area contributed by atoms with Crippen LogP contribution in [0.25, 0.3) is 0 Å². The number of hydrogen-bond donors (Lipinski definition) is 5. The van der Waals surface area contributed by atoms with Crippen molar-refractivity contribution in [3.05, 3.63) is 238 Å². The molecule has 5 N–H and O–H groups in total. The second-order valence-electron chi connectivity index (χ2n) is 17.6. The van der Waals surface area contributed by atoms with Gasteiger partial charge in [0.25, 0.3) is 23.6 Å². The summed E-state index contributed by atoms with van der Waals surface area (Å²) in [6.07, 6.45) is 1.36. The zero-order valence-corrected chi connectivity index (χ0v) is 50.2. The fraction of sp³-hybridized carbons (Fsp3) is 0.103. The number of nitrogens with one attached hydrogen (secondary N) is 4. The van der Waals surface area contributed by atoms with E-state index in [0.29, 0.717) is 6.42 Å². The molecule has 410 valence electrons. The van der Waals surface area contributed by atoms with Gasteiger partial charge in [-0.2, -0.15) is 0 Å². The number of ether oxygens (including phenoxy) is 1. The molecule has 0 spiro atoms. The fourth-order valence-electron chi connectivity index (χ4n) is 8.59. The van der Waals surface area contributed by atoms with Crippen LogP contribution in [0.4, 0.5) is 11.4 Å². The molecular formula is C58H48BBr3Cl2N4O10S2. The topological polar surface area (TPSA) is 214 Å². The number of phenols is 1. The van der Waals surface area contributed by atoms with E-state index >= 15 is 0 Å². The van der Waals surface area contributed by atoms with Crippen LogP contribution in [0, 0.1) is 0 Å². The second kappa shape index (κ2) is 28.1. The highest BCUT2D eigenvalue weighted by Gasteiger charge is 2.33. The lowest BCUT2D eigenvalue weighted by Crippen LogP contribution is -2.23. The average Bonchev–Trinajstić information content (AvgIpc) is 3.66. The molecule has 0 unspecified atom stereocenters. The quantitative estimate of drug-likeness (QED) is 0.0610. The van der Waals surface area contributed by atoms with Gasteiger partial charge in [0, 0.05) is 24.2 Å². The normalized spacial score (nSPS) is 12.9. The molecule has 4 amide bonds. The van der Waals surface area contributed by atoms with E-state index in [0.717, 1.165) is 45.6 Å². The summed E-state index contributed by atoms with van der Waals surface area (Å²) in [5.74, 6) is -0.851. The molecule has 8 aromatic carbocycles. The monoisotopic (exact) mass is 1340 g/mol. The maximum absolute atomic E-state index is 13.2. The summed E-state index contributed by atoms with van der Waals surface area (Å²) in [4.78, 5) is 50.8. The number of amides is 4. The molecule has 0 atom stereocenters. The van der Waals surface area contributed by atoms with E-state index in [1.165, 1.54) is 60.7 Å². The van der Waals surface area contributed by atoms with Gasteiger partial charge in [-0.3, -0.25) is 19.2 Å². The summed E-state index contributed by atoms with van der Waals surface area (Å²) in [6.45, 7) is 0.553. The van der Waals surface area contributed by atoms with Gasteiger partial charge in [0.15, 0.2) is 0 Å². The maximum Gasteiger partial charge on any atom is 0.369 e. The number of halogens is 5. The number of aromatic hydroxyl groups is 1. The molecule has 2 heterocycles. The minimum atomic E-state index is -3.93. The third-order valence-corrected chi connectivity index (χ3v) is 15.9. The molecule has 0 radical (unpaired) electrons. The van der Waals surface area contributed by atoms with Gasteiger partial charge >= 0.3 is 3.18 Å². The first kappa shape index (κ1) is 60.9. The predicted molar refractivity (Wildman–Crippen MR) is 324 cm³/mol. The number of phenolic OH excluding ortho intramolecular Hbond substituents is 1. The molecule has 0 saturated heterocycles. The van der Waals surface area contributed by atoms with Gasteiger partial charge in [-0.05, 0) is 131 Å². The van der Waals surface area contributed by atoms with Crippen molar-refractivity contribution in [2.24, 2.45) is 0 Å². The Morgan fingerprint density at radius 3 is 1.31 bits per heavy atom. The van der Waals surface area contributed by atoms with Crippen LogP contribution in [0.15, 0.2) is 202 Å². The highest BCUT2D eigenvalue weighted by Crippen LogP contribution is 2.36. The van der Waals surface area contributed by atoms with Crippen LogP contribution in [-0.4, -0.2) is 61.2 Å². The SMILES string of the molecule is BrB(Br)Br.COc1cccc(Cc2cccc(CNC(=O)c3ccc4c(c3)NC(=O)c3ccccc3S4(=O)=O)c2)c1.ClCCl.O=C(NCc1cccc(Cc2cccc(O)c2)c1)c1ccc2c(c1)NC(=O)c1ccccc1S2(=O)=O. The van der Waals surface area contributed by atoms with E-state index in [1.54, 1.807) is 49.6 Å². The van der Waals surface area contributed by atoms with Crippen molar-refractivity contribution in [3.63, 3.8) is 0 Å². The molecule has 22 heteroatoms. The average molecular weight is 1350 g/mol. The largest absolute Gasteiger partial charge is 0.508 e. The zero-order chi connectivity index (χ0) is 57.6. The van der Waals surface area contributed by atoms with Gasteiger partial charge in [-0.1, -0.05) is 97.1 Å². The lowest BCUT2D eigenvalue weighted by molar-refractivity contribution is 0.0943. The number of alkyl halides is 2. The first-order valence-corrected chi connectivity index (χ1v) is 30.9. The van der Waals surface area contributed by atoms with E-state index in [2.05, 4.69) is 68.5 Å². The molecule has 0 fully saturated rings. The van der Waals surface area contributed by atoms with Gasteiger partial charge in [-0.25, -0.2) is 16.8 Å². The van der Waals surface area contributed by atoms with Gasteiger partial charge in [-0.15, -0.1) is 70.5 Å². The van der Waals surface area contributed by atoms with Crippen LogP contribution in [0.1, 0.15) is 74.8 Å². The highest BCUT2D eigenvalue weighted by atomic mass is 79.9. The number of carbonyl (C=O) groups is 4. The minimum Gasteiger partial charge on any atom is -0.508 e. The summed E-state index contributed by atoms with van der Waals surface area (Å²) in [7, 11) is -6.22. The van der Waals surface area contributed by atoms with Crippen LogP contribution in [0.5, 0.6) is 11.5 Å². The molecule has 2 aliphatic rings. The van der Waals surface area contributed by atoms with Crippen molar-refractivity contribution in [2.75, 3.05) is 23.1 Å². The number of anilines is 2. The molecule has 0 aromatic heterocycles. The Balaban J connectivity index is 0.000000207. The van der Waals surface area contributed by atoms with Crippen LogP contribution in [-0.2, 0) is 45.6 Å². The number of fused-ring (bicyclic) bond motifs is 4. The van der Waals surface area contributed by atoms with E-state index in [1.807, 2.05) is 78.9 Å². The summed E-state index contributed by atoms with van der Waals surface area (Å²) >= 11 is 18.8. The summed E-state index contributed by atoms with van der Waals surface area (Å²) in [5, 5.41) is 20.8. The number of sulfone groups is 2. The number of benzene rings is 8. The number of methoxy groups -OCH3 is 1. The summed E-state index contributed by atoms with van der Waals surface area (Å²) in [5.41, 5.74) is 6.78. The maximum atomic E-state index is 13.2. The van der Waals surface area contributed by atoms with Crippen LogP contribution in [0.2, 0.25) is 0 Å². The van der Waals surface area contributed by atoms with Crippen LogP contribution in [0.3, 0.4) is 0 Å². The molecular weight excluding hydrogens is 1300 g/mol. The van der Waals surface area contributed by atoms with Crippen molar-refractivity contribution in [1.29, 1.82) is 0 Å². The molecule has 80 heavy (non-hydrogen) atoms. The highest BCUT2D eigenvalue weighted by molar-refractivity contribution is 9.69. The molecule has 0 saturated carbocycles. The van der Waals surface area contributed by atoms with E-state index in [-0.39, 0.29) is 86.5 Å². The summed E-state index contributed by atoms with van der Waals surface area (Å²) in [6, 6.07) is 51.0. The van der Waals surface area contributed by atoms with Gasteiger partial charge < -0.3 is 31.1 Å². The molecule has 8 aromatic rings. The van der Waals surface area contributed by atoms with Crippen LogP contribution >= 0.6 is 70.5 Å². The Hall–Kier alpha value is -6.78. The Kier molecular flexibility index (Phi) is 21.4. The zero-order valence-electron chi connectivity index (χ0n) is 42.3. The van der Waals surface area contributed by atoms with Crippen molar-refractivity contribution in [3.8, 4) is 11.5 Å². The molecule has 14 nitrogen and oxygen atoms in total. The van der Waals surface area contributed by atoms with Crippen molar-refractivity contribution >= 4 is 128 Å². The van der Waals surface area contributed by atoms with Gasteiger partial charge in [0.2, 0.25) is 19.7 Å². The third-order valence-electron chi connectivity index (χ3n) is 12.2. The lowest BCUT2D eigenvalue weighted by Gasteiger charge is -2.11. The van der Waals surface area contributed by atoms with Crippen molar-refractivity contribution in [2.45, 2.75) is 45.5 Å². The Morgan fingerprint density at radius 1 is 0.512 bits per heavy atom. The molecule has 0 bridgehead atoms. The van der Waals surface area contributed by atoms with Gasteiger partial charge in [0.05, 0.1) is 54.5 Å². The minimum absolute atomic E-state index is 0.0485. The molecule has 2 aliphatic heterocycles. The number of rotatable bonds is 11. The first-order valence-electron chi connectivity index (χ1n) is 24.1. The van der Waals surface area contributed by atoms with Gasteiger partial charge in [0.1, 0.15) is 11.5 Å².